The SMILES string of the molecule is O=C(Cc1cccs1)NCc1ccc2c(c1)CCCS2(=O)=O. The van der Waals surface area contributed by atoms with Crippen molar-refractivity contribution in [3.05, 3.63) is 51.7 Å². The molecule has 4 nitrogen and oxygen atoms in total. The Bertz CT molecular complexity index is 780. The summed E-state index contributed by atoms with van der Waals surface area (Å²) in [6.45, 7) is 0.428. The van der Waals surface area contributed by atoms with Crippen LogP contribution in [-0.2, 0) is 34.0 Å². The van der Waals surface area contributed by atoms with Crippen molar-refractivity contribution < 1.29 is 13.2 Å². The van der Waals surface area contributed by atoms with E-state index in [1.807, 2.05) is 23.6 Å². The highest BCUT2D eigenvalue weighted by Crippen LogP contribution is 2.25. The van der Waals surface area contributed by atoms with E-state index in [-0.39, 0.29) is 11.7 Å². The van der Waals surface area contributed by atoms with Crippen LogP contribution in [0.5, 0.6) is 0 Å². The fraction of sp³-hybridized carbons (Fsp3) is 0.312. The molecule has 0 aliphatic carbocycles. The number of carbonyl (C=O) groups excluding carboxylic acids is 1. The van der Waals surface area contributed by atoms with Crippen molar-refractivity contribution in [3.8, 4) is 0 Å². The van der Waals surface area contributed by atoms with Crippen LogP contribution < -0.4 is 5.32 Å². The van der Waals surface area contributed by atoms with Gasteiger partial charge >= 0.3 is 0 Å². The smallest absolute Gasteiger partial charge is 0.225 e. The van der Waals surface area contributed by atoms with E-state index in [1.165, 1.54) is 0 Å². The molecule has 0 unspecified atom stereocenters. The molecule has 6 heteroatoms. The van der Waals surface area contributed by atoms with E-state index in [0.717, 1.165) is 22.4 Å². The van der Waals surface area contributed by atoms with Gasteiger partial charge in [0.05, 0.1) is 17.1 Å². The summed E-state index contributed by atoms with van der Waals surface area (Å²) in [6, 6.07) is 9.22. The average Bonchev–Trinajstić information content (AvgIpc) is 2.97. The second-order valence-electron chi connectivity index (χ2n) is 5.40. The van der Waals surface area contributed by atoms with E-state index in [4.69, 9.17) is 0 Å². The van der Waals surface area contributed by atoms with Crippen molar-refractivity contribution in [2.24, 2.45) is 0 Å². The molecule has 2 aromatic rings. The Morgan fingerprint density at radius 1 is 1.27 bits per heavy atom. The number of rotatable bonds is 4. The zero-order valence-corrected chi connectivity index (χ0v) is 13.7. The summed E-state index contributed by atoms with van der Waals surface area (Å²) in [6.07, 6.45) is 1.84. The number of fused-ring (bicyclic) bond motifs is 1. The van der Waals surface area contributed by atoms with Gasteiger partial charge in [-0.25, -0.2) is 8.42 Å². The first-order valence-corrected chi connectivity index (χ1v) is 9.71. The van der Waals surface area contributed by atoms with Crippen LogP contribution in [0.4, 0.5) is 0 Å². The molecule has 1 N–H and O–H groups in total. The number of carbonyl (C=O) groups is 1. The average molecular weight is 335 g/mol. The molecule has 0 radical (unpaired) electrons. The molecule has 1 aromatic carbocycles. The molecule has 116 valence electrons. The van der Waals surface area contributed by atoms with Crippen LogP contribution in [0, 0.1) is 0 Å². The number of nitrogens with one attached hydrogen (secondary N) is 1. The lowest BCUT2D eigenvalue weighted by molar-refractivity contribution is -0.120. The van der Waals surface area contributed by atoms with Crippen molar-refractivity contribution in [3.63, 3.8) is 0 Å². The number of thiophene rings is 1. The highest BCUT2D eigenvalue weighted by molar-refractivity contribution is 7.91. The van der Waals surface area contributed by atoms with Crippen LogP contribution in [0.25, 0.3) is 0 Å². The van der Waals surface area contributed by atoms with Crippen molar-refractivity contribution >= 4 is 27.1 Å². The normalized spacial score (nSPS) is 16.0. The minimum Gasteiger partial charge on any atom is -0.352 e. The lowest BCUT2D eigenvalue weighted by Gasteiger charge is -2.17. The number of hydrogen-bond donors (Lipinski definition) is 1. The van der Waals surface area contributed by atoms with E-state index in [2.05, 4.69) is 5.32 Å². The van der Waals surface area contributed by atoms with Crippen LogP contribution in [0.15, 0.2) is 40.6 Å². The van der Waals surface area contributed by atoms with Gasteiger partial charge in [0.1, 0.15) is 0 Å². The fourth-order valence-corrected chi connectivity index (χ4v) is 4.92. The number of hydrogen-bond acceptors (Lipinski definition) is 4. The molecule has 2 heterocycles. The molecule has 1 aromatic heterocycles. The summed E-state index contributed by atoms with van der Waals surface area (Å²) in [4.78, 5) is 13.4. The van der Waals surface area contributed by atoms with E-state index in [1.54, 1.807) is 23.5 Å². The van der Waals surface area contributed by atoms with Crippen LogP contribution in [-0.4, -0.2) is 20.1 Å². The van der Waals surface area contributed by atoms with Gasteiger partial charge in [0.2, 0.25) is 5.91 Å². The van der Waals surface area contributed by atoms with Crippen molar-refractivity contribution in [2.45, 2.75) is 30.7 Å². The number of benzene rings is 1. The van der Waals surface area contributed by atoms with Gasteiger partial charge < -0.3 is 5.32 Å². The third kappa shape index (κ3) is 3.39. The summed E-state index contributed by atoms with van der Waals surface area (Å²) in [5.74, 6) is 0.212. The van der Waals surface area contributed by atoms with Crippen molar-refractivity contribution in [1.29, 1.82) is 0 Å². The topological polar surface area (TPSA) is 63.2 Å². The Morgan fingerprint density at radius 3 is 2.91 bits per heavy atom. The standard InChI is InChI=1S/C16H17NO3S2/c18-16(10-14-4-1-7-21-14)17-11-12-5-6-15-13(9-12)3-2-8-22(15,19)20/h1,4-7,9H,2-3,8,10-11H2,(H,17,18). The zero-order valence-electron chi connectivity index (χ0n) is 12.0. The molecule has 0 saturated heterocycles. The first kappa shape index (κ1) is 15.2. The Hall–Kier alpha value is -1.66. The van der Waals surface area contributed by atoms with Crippen molar-refractivity contribution in [2.75, 3.05) is 5.75 Å². The monoisotopic (exact) mass is 335 g/mol. The van der Waals surface area contributed by atoms with Gasteiger partial charge in [-0.1, -0.05) is 18.2 Å². The van der Waals surface area contributed by atoms with E-state index in [9.17, 15) is 13.2 Å². The van der Waals surface area contributed by atoms with Gasteiger partial charge in [-0.15, -0.1) is 11.3 Å². The summed E-state index contributed by atoms with van der Waals surface area (Å²) < 4.78 is 23.9. The van der Waals surface area contributed by atoms with Gasteiger partial charge in [0.25, 0.3) is 0 Å². The molecule has 0 spiro atoms. The van der Waals surface area contributed by atoms with Crippen LogP contribution in [0.3, 0.4) is 0 Å². The van der Waals surface area contributed by atoms with Crippen molar-refractivity contribution in [1.82, 2.24) is 5.32 Å². The molecular formula is C16H17NO3S2. The van der Waals surface area contributed by atoms with Gasteiger partial charge in [-0.05, 0) is 41.5 Å². The molecule has 0 fully saturated rings. The Morgan fingerprint density at radius 2 is 2.14 bits per heavy atom. The lowest BCUT2D eigenvalue weighted by atomic mass is 10.1. The first-order chi connectivity index (χ1) is 10.5. The summed E-state index contributed by atoms with van der Waals surface area (Å²) in [5.41, 5.74) is 1.81. The Balaban J connectivity index is 1.65. The maximum Gasteiger partial charge on any atom is 0.225 e. The highest BCUT2D eigenvalue weighted by atomic mass is 32.2. The molecule has 0 bridgehead atoms. The van der Waals surface area contributed by atoms with Gasteiger partial charge in [0.15, 0.2) is 9.84 Å². The second kappa shape index (κ2) is 6.22. The van der Waals surface area contributed by atoms with Gasteiger partial charge in [-0.3, -0.25) is 4.79 Å². The molecule has 22 heavy (non-hydrogen) atoms. The maximum absolute atomic E-state index is 12.0. The third-order valence-electron chi connectivity index (χ3n) is 3.72. The minimum atomic E-state index is -3.11. The summed E-state index contributed by atoms with van der Waals surface area (Å²) in [7, 11) is -3.11. The predicted molar refractivity (Wildman–Crippen MR) is 86.7 cm³/mol. The summed E-state index contributed by atoms with van der Waals surface area (Å²) in [5, 5.41) is 4.83. The van der Waals surface area contributed by atoms with E-state index in [0.29, 0.717) is 24.3 Å². The Kier molecular flexibility index (Phi) is 4.31. The van der Waals surface area contributed by atoms with Crippen LogP contribution in [0.1, 0.15) is 22.4 Å². The van der Waals surface area contributed by atoms with Gasteiger partial charge in [-0.2, -0.15) is 0 Å². The van der Waals surface area contributed by atoms with Gasteiger partial charge in [0, 0.05) is 11.4 Å². The molecule has 3 rings (SSSR count). The molecular weight excluding hydrogens is 318 g/mol. The lowest BCUT2D eigenvalue weighted by Crippen LogP contribution is -2.24. The van der Waals surface area contributed by atoms with E-state index >= 15 is 0 Å². The highest BCUT2D eigenvalue weighted by Gasteiger charge is 2.23. The molecule has 1 amide bonds. The fourth-order valence-electron chi connectivity index (χ4n) is 2.64. The third-order valence-corrected chi connectivity index (χ3v) is 6.49. The minimum absolute atomic E-state index is 0.0206. The summed E-state index contributed by atoms with van der Waals surface area (Å²) >= 11 is 1.56. The zero-order chi connectivity index (χ0) is 15.6. The predicted octanol–water partition coefficient (Wildman–Crippen LogP) is 2.33. The maximum atomic E-state index is 12.0. The Labute approximate surface area is 134 Å². The number of sulfone groups is 1. The molecule has 1 aliphatic rings. The largest absolute Gasteiger partial charge is 0.352 e. The number of aryl methyl sites for hydroxylation is 1. The van der Waals surface area contributed by atoms with Crippen LogP contribution in [0.2, 0.25) is 0 Å². The molecule has 1 aliphatic heterocycles. The molecule has 0 atom stereocenters. The van der Waals surface area contributed by atoms with Crippen LogP contribution >= 0.6 is 11.3 Å². The molecule has 0 saturated carbocycles. The first-order valence-electron chi connectivity index (χ1n) is 7.18. The number of amides is 1. The quantitative estimate of drug-likeness (QED) is 0.933. The second-order valence-corrected chi connectivity index (χ2v) is 8.51. The van der Waals surface area contributed by atoms with E-state index < -0.39 is 9.84 Å².